The number of aliphatic hydroxyl groups excluding tert-OH is 2. The molecule has 2 unspecified atom stereocenters. The third-order valence-corrected chi connectivity index (χ3v) is 2.27. The summed E-state index contributed by atoms with van der Waals surface area (Å²) < 4.78 is 37.4. The summed E-state index contributed by atoms with van der Waals surface area (Å²) in [7, 11) is 0. The Bertz CT molecular complexity index is 468. The Morgan fingerprint density at radius 1 is 1.22 bits per heavy atom. The number of nitriles is 1. The molecule has 4 nitrogen and oxygen atoms in total. The molecular weight excluding hydrogens is 251 g/mol. The van der Waals surface area contributed by atoms with E-state index in [0.717, 1.165) is 6.07 Å². The standard InChI is InChI=1S/C11H10F3NO3/c12-11(13,14)7-3-6(4-8(16)5-7)10(18)9(17)1-2-15/h3-5,9-10,16-18H,1H2. The summed E-state index contributed by atoms with van der Waals surface area (Å²) in [5.41, 5.74) is -1.44. The molecule has 18 heavy (non-hydrogen) atoms. The molecule has 0 aliphatic carbocycles. The summed E-state index contributed by atoms with van der Waals surface area (Å²) in [6, 6.07) is 3.61. The maximum absolute atomic E-state index is 12.5. The second-order valence-electron chi connectivity index (χ2n) is 3.69. The summed E-state index contributed by atoms with van der Waals surface area (Å²) in [4.78, 5) is 0. The van der Waals surface area contributed by atoms with Gasteiger partial charge < -0.3 is 15.3 Å². The molecule has 98 valence electrons. The average molecular weight is 261 g/mol. The minimum atomic E-state index is -4.67. The van der Waals surface area contributed by atoms with Crippen LogP contribution in [0.15, 0.2) is 18.2 Å². The lowest BCUT2D eigenvalue weighted by Gasteiger charge is -2.17. The number of hydrogen-bond donors (Lipinski definition) is 3. The van der Waals surface area contributed by atoms with Crippen LogP contribution in [0.5, 0.6) is 5.75 Å². The predicted octanol–water partition coefficient (Wildman–Crippen LogP) is 1.72. The van der Waals surface area contributed by atoms with E-state index in [9.17, 15) is 23.4 Å². The van der Waals surface area contributed by atoms with Gasteiger partial charge in [-0.15, -0.1) is 0 Å². The number of phenols is 1. The van der Waals surface area contributed by atoms with Crippen LogP contribution in [0.25, 0.3) is 0 Å². The first-order valence-corrected chi connectivity index (χ1v) is 4.90. The molecule has 0 bridgehead atoms. The van der Waals surface area contributed by atoms with Gasteiger partial charge in [0.1, 0.15) is 11.9 Å². The Morgan fingerprint density at radius 2 is 1.83 bits per heavy atom. The van der Waals surface area contributed by atoms with Gasteiger partial charge in [0.25, 0.3) is 0 Å². The molecule has 0 amide bonds. The fraction of sp³-hybridized carbons (Fsp3) is 0.364. The van der Waals surface area contributed by atoms with Crippen LogP contribution in [0.4, 0.5) is 13.2 Å². The lowest BCUT2D eigenvalue weighted by molar-refractivity contribution is -0.137. The Hall–Kier alpha value is -1.78. The van der Waals surface area contributed by atoms with E-state index in [-0.39, 0.29) is 5.56 Å². The molecule has 3 N–H and O–H groups in total. The van der Waals surface area contributed by atoms with Gasteiger partial charge >= 0.3 is 6.18 Å². The van der Waals surface area contributed by atoms with Crippen LogP contribution >= 0.6 is 0 Å². The van der Waals surface area contributed by atoms with Crippen molar-refractivity contribution < 1.29 is 28.5 Å². The second-order valence-corrected chi connectivity index (χ2v) is 3.69. The van der Waals surface area contributed by atoms with Crippen molar-refractivity contribution in [1.29, 1.82) is 5.26 Å². The van der Waals surface area contributed by atoms with Crippen molar-refractivity contribution in [2.45, 2.75) is 24.8 Å². The van der Waals surface area contributed by atoms with Crippen LogP contribution in [0.2, 0.25) is 0 Å². The number of alkyl halides is 3. The molecule has 0 heterocycles. The number of aliphatic hydroxyl groups is 2. The molecule has 0 saturated carbocycles. The van der Waals surface area contributed by atoms with Gasteiger partial charge in [0.2, 0.25) is 0 Å². The van der Waals surface area contributed by atoms with Crippen LogP contribution in [0, 0.1) is 11.3 Å². The molecule has 0 aromatic heterocycles. The number of hydrogen-bond acceptors (Lipinski definition) is 4. The number of halogens is 3. The molecule has 1 rings (SSSR count). The van der Waals surface area contributed by atoms with Crippen LogP contribution < -0.4 is 0 Å². The van der Waals surface area contributed by atoms with Gasteiger partial charge in [0.15, 0.2) is 0 Å². The molecule has 1 aromatic carbocycles. The fourth-order valence-electron chi connectivity index (χ4n) is 1.40. The Balaban J connectivity index is 3.11. The Morgan fingerprint density at radius 3 is 2.33 bits per heavy atom. The maximum Gasteiger partial charge on any atom is 0.416 e. The number of benzene rings is 1. The highest BCUT2D eigenvalue weighted by molar-refractivity contribution is 5.36. The first kappa shape index (κ1) is 14.3. The monoisotopic (exact) mass is 261 g/mol. The van der Waals surface area contributed by atoms with Crippen LogP contribution in [-0.2, 0) is 6.18 Å². The van der Waals surface area contributed by atoms with Crippen molar-refractivity contribution >= 4 is 0 Å². The van der Waals surface area contributed by atoms with Gasteiger partial charge in [0.05, 0.1) is 24.2 Å². The third kappa shape index (κ3) is 3.35. The summed E-state index contributed by atoms with van der Waals surface area (Å²) in [6.07, 6.45) is -8.29. The number of aromatic hydroxyl groups is 1. The average Bonchev–Trinajstić information content (AvgIpc) is 2.26. The number of rotatable bonds is 3. The predicted molar refractivity (Wildman–Crippen MR) is 54.3 cm³/mol. The van der Waals surface area contributed by atoms with Crippen molar-refractivity contribution in [3.8, 4) is 11.8 Å². The molecule has 0 aliphatic rings. The summed E-state index contributed by atoms with van der Waals surface area (Å²) >= 11 is 0. The van der Waals surface area contributed by atoms with E-state index in [2.05, 4.69) is 0 Å². The lowest BCUT2D eigenvalue weighted by Crippen LogP contribution is -2.18. The number of phenolic OH excluding ortho intramolecular Hbond substituents is 1. The van der Waals surface area contributed by atoms with Gasteiger partial charge in [-0.2, -0.15) is 18.4 Å². The lowest BCUT2D eigenvalue weighted by atomic mass is 10.00. The van der Waals surface area contributed by atoms with Gasteiger partial charge in [-0.05, 0) is 23.8 Å². The van der Waals surface area contributed by atoms with Gasteiger partial charge in [-0.25, -0.2) is 0 Å². The minimum absolute atomic E-state index is 0.301. The summed E-state index contributed by atoms with van der Waals surface area (Å²) in [6.45, 7) is 0. The van der Waals surface area contributed by atoms with E-state index in [0.29, 0.717) is 12.1 Å². The largest absolute Gasteiger partial charge is 0.508 e. The van der Waals surface area contributed by atoms with Crippen LogP contribution in [-0.4, -0.2) is 21.4 Å². The van der Waals surface area contributed by atoms with Crippen LogP contribution in [0.3, 0.4) is 0 Å². The SMILES string of the molecule is N#CCC(O)C(O)c1cc(O)cc(C(F)(F)F)c1. The van der Waals surface area contributed by atoms with Crippen molar-refractivity contribution in [2.24, 2.45) is 0 Å². The van der Waals surface area contributed by atoms with E-state index >= 15 is 0 Å². The number of nitrogens with zero attached hydrogens (tertiary/aromatic N) is 1. The van der Waals surface area contributed by atoms with Crippen LogP contribution in [0.1, 0.15) is 23.7 Å². The fourth-order valence-corrected chi connectivity index (χ4v) is 1.40. The van der Waals surface area contributed by atoms with E-state index in [4.69, 9.17) is 10.4 Å². The molecule has 0 aliphatic heterocycles. The molecule has 2 atom stereocenters. The van der Waals surface area contributed by atoms with Crippen molar-refractivity contribution in [3.63, 3.8) is 0 Å². The van der Waals surface area contributed by atoms with E-state index in [1.807, 2.05) is 0 Å². The second kappa shape index (κ2) is 5.25. The topological polar surface area (TPSA) is 84.5 Å². The highest BCUT2D eigenvalue weighted by Gasteiger charge is 2.32. The molecule has 0 radical (unpaired) electrons. The van der Waals surface area contributed by atoms with Crippen molar-refractivity contribution in [2.75, 3.05) is 0 Å². The Labute approximate surface area is 101 Å². The van der Waals surface area contributed by atoms with E-state index in [1.54, 1.807) is 6.07 Å². The van der Waals surface area contributed by atoms with E-state index < -0.39 is 36.1 Å². The zero-order valence-electron chi connectivity index (χ0n) is 9.02. The third-order valence-electron chi connectivity index (χ3n) is 2.27. The minimum Gasteiger partial charge on any atom is -0.508 e. The highest BCUT2D eigenvalue weighted by Crippen LogP contribution is 2.34. The molecule has 1 aromatic rings. The van der Waals surface area contributed by atoms with Crippen molar-refractivity contribution in [3.05, 3.63) is 29.3 Å². The molecule has 7 heteroatoms. The summed E-state index contributed by atoms with van der Waals surface area (Å²) in [5.74, 6) is -0.678. The highest BCUT2D eigenvalue weighted by atomic mass is 19.4. The first-order valence-electron chi connectivity index (χ1n) is 4.90. The molecule has 0 saturated heterocycles. The van der Waals surface area contributed by atoms with E-state index in [1.165, 1.54) is 0 Å². The van der Waals surface area contributed by atoms with Gasteiger partial charge in [0, 0.05) is 0 Å². The molecule has 0 fully saturated rings. The Kier molecular flexibility index (Phi) is 4.16. The first-order chi connectivity index (χ1) is 8.25. The van der Waals surface area contributed by atoms with Gasteiger partial charge in [-0.1, -0.05) is 0 Å². The molecular formula is C11H10F3NO3. The zero-order valence-corrected chi connectivity index (χ0v) is 9.02. The van der Waals surface area contributed by atoms with Gasteiger partial charge in [-0.3, -0.25) is 0 Å². The molecule has 0 spiro atoms. The smallest absolute Gasteiger partial charge is 0.416 e. The maximum atomic E-state index is 12.5. The zero-order chi connectivity index (χ0) is 13.9. The normalized spacial score (nSPS) is 14.9. The summed E-state index contributed by atoms with van der Waals surface area (Å²) in [5, 5.41) is 36.4. The van der Waals surface area contributed by atoms with Crippen molar-refractivity contribution in [1.82, 2.24) is 0 Å². The quantitative estimate of drug-likeness (QED) is 0.773.